The third-order valence-corrected chi connectivity index (χ3v) is 1.60. The Morgan fingerprint density at radius 2 is 2.55 bits per heavy atom. The van der Waals surface area contributed by atoms with Gasteiger partial charge in [0.05, 0.1) is 0 Å². The molecule has 1 heterocycles. The van der Waals surface area contributed by atoms with E-state index < -0.39 is 5.91 Å². The van der Waals surface area contributed by atoms with Crippen molar-refractivity contribution in [3.05, 3.63) is 5.82 Å². The molecule has 5 heteroatoms. The second-order valence-corrected chi connectivity index (χ2v) is 2.50. The van der Waals surface area contributed by atoms with E-state index in [4.69, 9.17) is 6.42 Å². The van der Waals surface area contributed by atoms with E-state index in [0.717, 1.165) is 11.5 Å². The Kier molecular flexibility index (Phi) is 2.18. The second kappa shape index (κ2) is 3.12. The van der Waals surface area contributed by atoms with Gasteiger partial charge in [0.25, 0.3) is 0 Å². The van der Waals surface area contributed by atoms with Gasteiger partial charge < -0.3 is 0 Å². The first-order valence-corrected chi connectivity index (χ1v) is 3.57. The summed E-state index contributed by atoms with van der Waals surface area (Å²) in [5.74, 6) is 2.04. The topological polar surface area (TPSA) is 54.9 Å². The lowest BCUT2D eigenvalue weighted by Gasteiger charge is -1.89. The molecule has 0 fully saturated rings. The lowest BCUT2D eigenvalue weighted by atomic mass is 10.6. The van der Waals surface area contributed by atoms with Gasteiger partial charge in [0.1, 0.15) is 5.82 Å². The van der Waals surface area contributed by atoms with Crippen LogP contribution in [0.2, 0.25) is 0 Å². The molecule has 0 aliphatic carbocycles. The van der Waals surface area contributed by atoms with E-state index in [1.165, 1.54) is 0 Å². The number of nitrogens with zero attached hydrogens (tertiary/aromatic N) is 2. The number of aryl methyl sites for hydroxylation is 1. The number of nitrogens with one attached hydrogen (secondary N) is 1. The summed E-state index contributed by atoms with van der Waals surface area (Å²) in [5.41, 5.74) is 0. The third-order valence-electron chi connectivity index (χ3n) is 0.879. The number of rotatable bonds is 1. The molecule has 0 bridgehead atoms. The van der Waals surface area contributed by atoms with Gasteiger partial charge in [-0.3, -0.25) is 10.1 Å². The van der Waals surface area contributed by atoms with Crippen molar-refractivity contribution in [2.24, 2.45) is 0 Å². The van der Waals surface area contributed by atoms with Gasteiger partial charge >= 0.3 is 5.91 Å². The van der Waals surface area contributed by atoms with Crippen LogP contribution < -0.4 is 5.32 Å². The lowest BCUT2D eigenvalue weighted by molar-refractivity contribution is -0.111. The van der Waals surface area contributed by atoms with E-state index in [9.17, 15) is 4.79 Å². The maximum atomic E-state index is 10.6. The van der Waals surface area contributed by atoms with Gasteiger partial charge in [-0.2, -0.15) is 4.37 Å². The summed E-state index contributed by atoms with van der Waals surface area (Å²) in [6, 6.07) is 0. The van der Waals surface area contributed by atoms with Gasteiger partial charge in [0.15, 0.2) is 0 Å². The highest BCUT2D eigenvalue weighted by molar-refractivity contribution is 7.09. The number of aromatic nitrogens is 2. The van der Waals surface area contributed by atoms with Gasteiger partial charge in [-0.05, 0) is 12.8 Å². The van der Waals surface area contributed by atoms with Gasteiger partial charge in [-0.25, -0.2) is 4.98 Å². The molecule has 1 amide bonds. The highest BCUT2D eigenvalue weighted by Crippen LogP contribution is 2.08. The summed E-state index contributed by atoms with van der Waals surface area (Å²) >= 11 is 1.10. The molecule has 1 rings (SSSR count). The van der Waals surface area contributed by atoms with Crippen molar-refractivity contribution in [3.8, 4) is 12.3 Å². The van der Waals surface area contributed by atoms with Crippen molar-refractivity contribution in [2.45, 2.75) is 6.92 Å². The maximum absolute atomic E-state index is 10.6. The van der Waals surface area contributed by atoms with Crippen LogP contribution in [0, 0.1) is 19.3 Å². The molecule has 11 heavy (non-hydrogen) atoms. The smallest absolute Gasteiger partial charge is 0.290 e. The van der Waals surface area contributed by atoms with E-state index in [1.54, 1.807) is 6.92 Å². The zero-order chi connectivity index (χ0) is 8.27. The first-order chi connectivity index (χ1) is 5.22. The summed E-state index contributed by atoms with van der Waals surface area (Å²) in [6.07, 6.45) is 4.82. The van der Waals surface area contributed by atoms with Gasteiger partial charge in [-0.15, -0.1) is 6.42 Å². The summed E-state index contributed by atoms with van der Waals surface area (Å²) in [7, 11) is 0. The molecule has 0 unspecified atom stereocenters. The van der Waals surface area contributed by atoms with Crippen LogP contribution in [0.5, 0.6) is 0 Å². The van der Waals surface area contributed by atoms with Crippen LogP contribution in [-0.4, -0.2) is 15.3 Å². The van der Waals surface area contributed by atoms with Crippen LogP contribution in [0.15, 0.2) is 0 Å². The Hall–Kier alpha value is -1.41. The summed E-state index contributed by atoms with van der Waals surface area (Å²) in [6.45, 7) is 1.74. The predicted octanol–water partition coefficient (Wildman–Crippen LogP) is 0.418. The van der Waals surface area contributed by atoms with Crippen molar-refractivity contribution >= 4 is 22.6 Å². The van der Waals surface area contributed by atoms with Crippen molar-refractivity contribution in [2.75, 3.05) is 5.32 Å². The van der Waals surface area contributed by atoms with Crippen LogP contribution >= 0.6 is 11.5 Å². The second-order valence-electron chi connectivity index (χ2n) is 1.75. The largest absolute Gasteiger partial charge is 0.301 e. The minimum atomic E-state index is -0.499. The molecule has 4 nitrogen and oxygen atoms in total. The number of anilines is 1. The molecule has 0 saturated heterocycles. The molecule has 1 aromatic rings. The molecule has 0 aromatic carbocycles. The van der Waals surface area contributed by atoms with E-state index in [2.05, 4.69) is 14.7 Å². The van der Waals surface area contributed by atoms with E-state index >= 15 is 0 Å². The fourth-order valence-corrected chi connectivity index (χ4v) is 1.05. The first-order valence-electron chi connectivity index (χ1n) is 2.80. The quantitative estimate of drug-likeness (QED) is 0.617. The Bertz CT molecular complexity index is 312. The minimum absolute atomic E-state index is 0.436. The predicted molar refractivity (Wildman–Crippen MR) is 42.1 cm³/mol. The summed E-state index contributed by atoms with van der Waals surface area (Å²) in [5, 5.41) is 2.82. The Labute approximate surface area is 67.8 Å². The number of carbonyl (C=O) groups is 1. The fourth-order valence-electron chi connectivity index (χ4n) is 0.481. The molecule has 0 aliphatic heterocycles. The molecule has 1 N–H and O–H groups in total. The molecule has 0 saturated carbocycles. The van der Waals surface area contributed by atoms with E-state index in [1.807, 2.05) is 5.92 Å². The molecular weight excluding hydrogens is 162 g/mol. The van der Waals surface area contributed by atoms with Crippen molar-refractivity contribution in [3.63, 3.8) is 0 Å². The molecular formula is C6H5N3OS. The molecule has 1 aromatic heterocycles. The Morgan fingerprint density at radius 3 is 3.00 bits per heavy atom. The normalized spacial score (nSPS) is 8.73. The van der Waals surface area contributed by atoms with Gasteiger partial charge in [0, 0.05) is 11.5 Å². The molecule has 0 atom stereocenters. The van der Waals surface area contributed by atoms with E-state index in [0.29, 0.717) is 11.0 Å². The summed E-state index contributed by atoms with van der Waals surface area (Å²) in [4.78, 5) is 14.5. The van der Waals surface area contributed by atoms with E-state index in [-0.39, 0.29) is 0 Å². The maximum Gasteiger partial charge on any atom is 0.301 e. The standard InChI is InChI=1S/C6H5N3OS/c1-3-5(10)8-6-7-4(2)9-11-6/h1H,2H3,(H,7,8,9,10). The molecule has 56 valence electrons. The zero-order valence-corrected chi connectivity index (χ0v) is 6.60. The minimum Gasteiger partial charge on any atom is -0.290 e. The summed E-state index contributed by atoms with van der Waals surface area (Å²) < 4.78 is 3.85. The van der Waals surface area contributed by atoms with Gasteiger partial charge in [-0.1, -0.05) is 0 Å². The number of hydrogen-bond donors (Lipinski definition) is 1. The van der Waals surface area contributed by atoms with Crippen LogP contribution in [0.1, 0.15) is 5.82 Å². The highest BCUT2D eigenvalue weighted by Gasteiger charge is 2.01. The number of terminal acetylenes is 1. The van der Waals surface area contributed by atoms with Crippen LogP contribution in [-0.2, 0) is 4.79 Å². The number of hydrogen-bond acceptors (Lipinski definition) is 4. The van der Waals surface area contributed by atoms with Gasteiger partial charge in [0.2, 0.25) is 5.13 Å². The lowest BCUT2D eigenvalue weighted by Crippen LogP contribution is -2.07. The average molecular weight is 167 g/mol. The monoisotopic (exact) mass is 167 g/mol. The Morgan fingerprint density at radius 1 is 1.82 bits per heavy atom. The van der Waals surface area contributed by atoms with Crippen LogP contribution in [0.25, 0.3) is 0 Å². The molecule has 0 spiro atoms. The van der Waals surface area contributed by atoms with Crippen molar-refractivity contribution in [1.29, 1.82) is 0 Å². The average Bonchev–Trinajstić information content (AvgIpc) is 2.35. The number of carbonyl (C=O) groups excluding carboxylic acids is 1. The van der Waals surface area contributed by atoms with Crippen LogP contribution in [0.3, 0.4) is 0 Å². The Balaban J connectivity index is 2.66. The van der Waals surface area contributed by atoms with Crippen molar-refractivity contribution in [1.82, 2.24) is 9.36 Å². The fraction of sp³-hybridized carbons (Fsp3) is 0.167. The first kappa shape index (κ1) is 7.69. The molecule has 0 radical (unpaired) electrons. The van der Waals surface area contributed by atoms with Crippen LogP contribution in [0.4, 0.5) is 5.13 Å². The molecule has 0 aliphatic rings. The van der Waals surface area contributed by atoms with Crippen molar-refractivity contribution < 1.29 is 4.79 Å². The zero-order valence-electron chi connectivity index (χ0n) is 5.79. The highest BCUT2D eigenvalue weighted by atomic mass is 32.1. The SMILES string of the molecule is C#CC(=O)Nc1nc(C)ns1. The number of amides is 1. The third kappa shape index (κ3) is 2.02.